The lowest BCUT2D eigenvalue weighted by Gasteiger charge is -2.17. The molecule has 2 amide bonds. The molecule has 0 aromatic heterocycles. The molecule has 4 aliphatic rings. The summed E-state index contributed by atoms with van der Waals surface area (Å²) < 4.78 is 16.2. The van der Waals surface area contributed by atoms with Crippen LogP contribution in [0.15, 0.2) is 30.4 Å². The summed E-state index contributed by atoms with van der Waals surface area (Å²) in [4.78, 5) is 26.5. The molecule has 1 aromatic carbocycles. The Kier molecular flexibility index (Phi) is 1.97. The molecular formula is C15H11NO5. The molecule has 21 heavy (non-hydrogen) atoms. The number of rotatable bonds is 1. The molecule has 4 heterocycles. The summed E-state index contributed by atoms with van der Waals surface area (Å²) in [6.07, 6.45) is 3.21. The summed E-state index contributed by atoms with van der Waals surface area (Å²) >= 11 is 0. The quantitative estimate of drug-likeness (QED) is 0.565. The van der Waals surface area contributed by atoms with Crippen molar-refractivity contribution in [2.75, 3.05) is 11.7 Å². The minimum atomic E-state index is -0.391. The summed E-state index contributed by atoms with van der Waals surface area (Å²) in [6.45, 7) is 0.161. The van der Waals surface area contributed by atoms with E-state index in [1.807, 2.05) is 12.2 Å². The average Bonchev–Trinajstić information content (AvgIpc) is 3.22. The van der Waals surface area contributed by atoms with Crippen LogP contribution >= 0.6 is 0 Å². The highest BCUT2D eigenvalue weighted by molar-refractivity contribution is 6.23. The highest BCUT2D eigenvalue weighted by Gasteiger charge is 2.61. The molecule has 1 aromatic rings. The standard InChI is InChI=1S/C15H11NO5/c17-14-12-9-3-4-10(21-9)13(12)15(18)16(14)7-1-2-8-11(5-7)20-6-19-8/h1-5,9-10,12-13H,6H2/t9-,10+,12-,13+. The number of ether oxygens (including phenoxy) is 3. The molecule has 2 fully saturated rings. The number of carbonyl (C=O) groups excluding carboxylic acids is 2. The smallest absolute Gasteiger partial charge is 0.240 e. The number of benzene rings is 1. The SMILES string of the molecule is O=C1[C@@H]2[C@H](C(=O)N1c1ccc3c(c1)OCO3)[C@H]1C=C[C@@H]2O1. The zero-order chi connectivity index (χ0) is 14.1. The van der Waals surface area contributed by atoms with Crippen LogP contribution in [0, 0.1) is 11.8 Å². The highest BCUT2D eigenvalue weighted by atomic mass is 16.7. The molecule has 2 bridgehead atoms. The molecule has 6 heteroatoms. The van der Waals surface area contributed by atoms with E-state index in [9.17, 15) is 9.59 Å². The number of hydrogen-bond donors (Lipinski definition) is 0. The topological polar surface area (TPSA) is 65.1 Å². The molecule has 0 spiro atoms. The Labute approximate surface area is 119 Å². The Morgan fingerprint density at radius 2 is 1.62 bits per heavy atom. The average molecular weight is 285 g/mol. The van der Waals surface area contributed by atoms with E-state index < -0.39 is 11.8 Å². The fourth-order valence-corrected chi connectivity index (χ4v) is 3.58. The van der Waals surface area contributed by atoms with Crippen LogP contribution in [0.2, 0.25) is 0 Å². The molecule has 0 N–H and O–H groups in total. The summed E-state index contributed by atoms with van der Waals surface area (Å²) in [5.74, 6) is 0.0166. The first-order valence-electron chi connectivity index (χ1n) is 6.85. The molecular weight excluding hydrogens is 274 g/mol. The molecule has 2 saturated heterocycles. The third kappa shape index (κ3) is 1.30. The van der Waals surface area contributed by atoms with Gasteiger partial charge in [0.25, 0.3) is 0 Å². The lowest BCUT2D eigenvalue weighted by Crippen LogP contribution is -2.34. The molecule has 106 valence electrons. The van der Waals surface area contributed by atoms with Crippen molar-refractivity contribution >= 4 is 17.5 Å². The van der Waals surface area contributed by atoms with E-state index in [0.29, 0.717) is 17.2 Å². The van der Waals surface area contributed by atoms with Crippen molar-refractivity contribution in [3.05, 3.63) is 30.4 Å². The van der Waals surface area contributed by atoms with Crippen LogP contribution in [0.1, 0.15) is 0 Å². The second kappa shape index (κ2) is 3.65. The van der Waals surface area contributed by atoms with E-state index >= 15 is 0 Å². The van der Waals surface area contributed by atoms with Crippen LogP contribution in [0.4, 0.5) is 5.69 Å². The molecule has 0 saturated carbocycles. The minimum absolute atomic E-state index is 0.161. The van der Waals surface area contributed by atoms with E-state index in [0.717, 1.165) is 0 Å². The second-order valence-corrected chi connectivity index (χ2v) is 5.55. The number of hydrogen-bond acceptors (Lipinski definition) is 5. The molecule has 4 atom stereocenters. The van der Waals surface area contributed by atoms with Gasteiger partial charge in [0.05, 0.1) is 29.7 Å². The summed E-state index contributed by atoms with van der Waals surface area (Å²) in [7, 11) is 0. The van der Waals surface area contributed by atoms with Crippen LogP contribution in [0.25, 0.3) is 0 Å². The van der Waals surface area contributed by atoms with Gasteiger partial charge in [0.15, 0.2) is 11.5 Å². The van der Waals surface area contributed by atoms with Gasteiger partial charge in [0.1, 0.15) is 0 Å². The summed E-state index contributed by atoms with van der Waals surface area (Å²) in [5, 5.41) is 0. The maximum absolute atomic E-state index is 12.6. The second-order valence-electron chi connectivity index (χ2n) is 5.55. The number of amides is 2. The van der Waals surface area contributed by atoms with E-state index in [-0.39, 0.29) is 30.8 Å². The van der Waals surface area contributed by atoms with Crippen LogP contribution in [0.3, 0.4) is 0 Å². The van der Waals surface area contributed by atoms with E-state index in [1.165, 1.54) is 4.90 Å². The fourth-order valence-electron chi connectivity index (χ4n) is 3.58. The van der Waals surface area contributed by atoms with Gasteiger partial charge < -0.3 is 14.2 Å². The molecule has 0 radical (unpaired) electrons. The first kappa shape index (κ1) is 11.3. The van der Waals surface area contributed by atoms with E-state index in [1.54, 1.807) is 18.2 Å². The first-order valence-corrected chi connectivity index (χ1v) is 6.85. The zero-order valence-corrected chi connectivity index (χ0v) is 10.9. The first-order chi connectivity index (χ1) is 10.2. The van der Waals surface area contributed by atoms with Gasteiger partial charge in [0.2, 0.25) is 18.6 Å². The summed E-state index contributed by atoms with van der Waals surface area (Å²) in [5.41, 5.74) is 0.531. The summed E-state index contributed by atoms with van der Waals surface area (Å²) in [6, 6.07) is 5.10. The molecule has 0 unspecified atom stereocenters. The predicted octanol–water partition coefficient (Wildman–Crippen LogP) is 0.858. The monoisotopic (exact) mass is 285 g/mol. The molecule has 5 rings (SSSR count). The van der Waals surface area contributed by atoms with Gasteiger partial charge in [-0.1, -0.05) is 12.2 Å². The number of nitrogens with zero attached hydrogens (tertiary/aromatic N) is 1. The van der Waals surface area contributed by atoms with Gasteiger partial charge in [-0.25, -0.2) is 4.90 Å². The van der Waals surface area contributed by atoms with E-state index in [4.69, 9.17) is 14.2 Å². The van der Waals surface area contributed by atoms with Crippen molar-refractivity contribution < 1.29 is 23.8 Å². The van der Waals surface area contributed by atoms with Crippen molar-refractivity contribution in [1.29, 1.82) is 0 Å². The third-order valence-corrected chi connectivity index (χ3v) is 4.52. The zero-order valence-electron chi connectivity index (χ0n) is 10.9. The number of fused-ring (bicyclic) bond motifs is 6. The van der Waals surface area contributed by atoms with Gasteiger partial charge >= 0.3 is 0 Å². The van der Waals surface area contributed by atoms with Gasteiger partial charge in [-0.05, 0) is 12.1 Å². The number of carbonyl (C=O) groups is 2. The van der Waals surface area contributed by atoms with Gasteiger partial charge in [-0.2, -0.15) is 0 Å². The Hall–Kier alpha value is -2.34. The van der Waals surface area contributed by atoms with Crippen molar-refractivity contribution in [2.45, 2.75) is 12.2 Å². The maximum atomic E-state index is 12.6. The fraction of sp³-hybridized carbons (Fsp3) is 0.333. The van der Waals surface area contributed by atoms with Gasteiger partial charge in [-0.15, -0.1) is 0 Å². The van der Waals surface area contributed by atoms with Crippen LogP contribution in [-0.2, 0) is 14.3 Å². The predicted molar refractivity (Wildman–Crippen MR) is 69.8 cm³/mol. The van der Waals surface area contributed by atoms with Crippen LogP contribution in [-0.4, -0.2) is 30.8 Å². The minimum Gasteiger partial charge on any atom is -0.454 e. The lowest BCUT2D eigenvalue weighted by molar-refractivity contribution is -0.124. The number of anilines is 1. The Morgan fingerprint density at radius 1 is 0.952 bits per heavy atom. The van der Waals surface area contributed by atoms with Crippen LogP contribution < -0.4 is 14.4 Å². The number of imide groups is 1. The molecule has 0 aliphatic carbocycles. The lowest BCUT2D eigenvalue weighted by atomic mass is 9.85. The van der Waals surface area contributed by atoms with Crippen molar-refractivity contribution in [3.63, 3.8) is 0 Å². The third-order valence-electron chi connectivity index (χ3n) is 4.52. The Morgan fingerprint density at radius 3 is 2.33 bits per heavy atom. The van der Waals surface area contributed by atoms with Crippen molar-refractivity contribution in [3.8, 4) is 11.5 Å². The highest BCUT2D eigenvalue weighted by Crippen LogP contribution is 2.47. The largest absolute Gasteiger partial charge is 0.454 e. The maximum Gasteiger partial charge on any atom is 0.240 e. The van der Waals surface area contributed by atoms with Crippen molar-refractivity contribution in [1.82, 2.24) is 0 Å². The normalized spacial score (nSPS) is 35.0. The van der Waals surface area contributed by atoms with Crippen LogP contribution in [0.5, 0.6) is 11.5 Å². The Balaban J connectivity index is 1.56. The van der Waals surface area contributed by atoms with Gasteiger partial charge in [0, 0.05) is 6.07 Å². The Bertz CT molecular complexity index is 682. The molecule has 4 aliphatic heterocycles. The van der Waals surface area contributed by atoms with Gasteiger partial charge in [-0.3, -0.25) is 9.59 Å². The van der Waals surface area contributed by atoms with Crippen molar-refractivity contribution in [2.24, 2.45) is 11.8 Å². The van der Waals surface area contributed by atoms with E-state index in [2.05, 4.69) is 0 Å². The molecule has 6 nitrogen and oxygen atoms in total.